The maximum atomic E-state index is 12.2. The van der Waals surface area contributed by atoms with Gasteiger partial charge in [0.05, 0.1) is 17.0 Å². The van der Waals surface area contributed by atoms with Gasteiger partial charge in [-0.25, -0.2) is 22.6 Å². The lowest BCUT2D eigenvalue weighted by Crippen LogP contribution is -2.24. The summed E-state index contributed by atoms with van der Waals surface area (Å²) in [7, 11) is -2.17. The fourth-order valence-electron chi connectivity index (χ4n) is 1.73. The molecule has 10 nitrogen and oxygen atoms in total. The topological polar surface area (TPSA) is 136 Å². The number of rotatable bonds is 4. The lowest BCUT2D eigenvalue weighted by Gasteiger charge is -2.05. The molecule has 1 aromatic carbocycles. The van der Waals surface area contributed by atoms with Crippen LogP contribution in [0.2, 0.25) is 0 Å². The summed E-state index contributed by atoms with van der Waals surface area (Å²) in [5, 5.41) is 10.7. The van der Waals surface area contributed by atoms with Crippen LogP contribution >= 0.6 is 0 Å². The molecular weight excluding hydrogens is 300 g/mol. The van der Waals surface area contributed by atoms with Gasteiger partial charge in [0.2, 0.25) is 10.0 Å². The number of sulfonamides is 1. The van der Waals surface area contributed by atoms with E-state index in [9.17, 15) is 13.2 Å². The number of nitrogens with one attached hydrogen (secondary N) is 2. The smallest absolute Gasteiger partial charge is 0.408 e. The van der Waals surface area contributed by atoms with Crippen LogP contribution in [0.1, 0.15) is 5.82 Å². The Balaban J connectivity index is 1.89. The SMILES string of the molecule is Cn1nnnc1CNS(=O)(=O)c1ccc2[nH]c(=O)oc2c1. The fraction of sp³-hybridized carbons (Fsp3) is 0.200. The second-order valence-electron chi connectivity index (χ2n) is 4.22. The van der Waals surface area contributed by atoms with Gasteiger partial charge < -0.3 is 4.42 Å². The Morgan fingerprint density at radius 3 is 2.95 bits per heavy atom. The van der Waals surface area contributed by atoms with E-state index < -0.39 is 15.8 Å². The number of tetrazole rings is 1. The Morgan fingerprint density at radius 1 is 1.43 bits per heavy atom. The number of hydrogen-bond acceptors (Lipinski definition) is 7. The van der Waals surface area contributed by atoms with Gasteiger partial charge in [0.25, 0.3) is 0 Å². The first kappa shape index (κ1) is 13.5. The van der Waals surface area contributed by atoms with Crippen LogP contribution in [0.3, 0.4) is 0 Å². The largest absolute Gasteiger partial charge is 0.417 e. The molecule has 2 aromatic heterocycles. The van der Waals surface area contributed by atoms with Crippen molar-refractivity contribution in [2.45, 2.75) is 11.4 Å². The average molecular weight is 310 g/mol. The molecule has 110 valence electrons. The van der Waals surface area contributed by atoms with E-state index in [1.807, 2.05) is 0 Å². The molecule has 11 heteroatoms. The van der Waals surface area contributed by atoms with Crippen LogP contribution in [0, 0.1) is 0 Å². The zero-order chi connectivity index (χ0) is 15.0. The van der Waals surface area contributed by atoms with Crippen LogP contribution in [0.15, 0.2) is 32.3 Å². The molecule has 21 heavy (non-hydrogen) atoms. The van der Waals surface area contributed by atoms with Crippen molar-refractivity contribution in [1.29, 1.82) is 0 Å². The van der Waals surface area contributed by atoms with Crippen molar-refractivity contribution in [3.63, 3.8) is 0 Å². The van der Waals surface area contributed by atoms with Gasteiger partial charge in [-0.05, 0) is 22.6 Å². The molecule has 0 aliphatic heterocycles. The summed E-state index contributed by atoms with van der Waals surface area (Å²) in [6.07, 6.45) is 0. The second kappa shape index (κ2) is 4.79. The molecule has 3 aromatic rings. The minimum Gasteiger partial charge on any atom is -0.408 e. The van der Waals surface area contributed by atoms with Crippen molar-refractivity contribution in [2.75, 3.05) is 0 Å². The summed E-state index contributed by atoms with van der Waals surface area (Å²) < 4.78 is 32.9. The molecule has 2 heterocycles. The van der Waals surface area contributed by atoms with E-state index in [2.05, 4.69) is 25.2 Å². The van der Waals surface area contributed by atoms with E-state index in [1.165, 1.54) is 22.9 Å². The predicted molar refractivity (Wildman–Crippen MR) is 69.7 cm³/mol. The summed E-state index contributed by atoms with van der Waals surface area (Å²) in [5.74, 6) is -0.273. The molecule has 0 saturated heterocycles. The van der Waals surface area contributed by atoms with Crippen molar-refractivity contribution in [2.24, 2.45) is 7.05 Å². The molecule has 0 aliphatic rings. The van der Waals surface area contributed by atoms with E-state index in [1.54, 1.807) is 7.05 Å². The molecule has 0 aliphatic carbocycles. The highest BCUT2D eigenvalue weighted by Crippen LogP contribution is 2.16. The molecule has 0 bridgehead atoms. The number of fused-ring (bicyclic) bond motifs is 1. The highest BCUT2D eigenvalue weighted by Gasteiger charge is 2.17. The van der Waals surface area contributed by atoms with Crippen molar-refractivity contribution in [1.82, 2.24) is 29.9 Å². The van der Waals surface area contributed by atoms with E-state index in [0.29, 0.717) is 11.3 Å². The normalized spacial score (nSPS) is 12.0. The minimum atomic E-state index is -3.77. The molecule has 2 N–H and O–H groups in total. The van der Waals surface area contributed by atoms with Crippen LogP contribution in [0.5, 0.6) is 0 Å². The number of aromatic amines is 1. The third-order valence-corrected chi connectivity index (χ3v) is 4.23. The summed E-state index contributed by atoms with van der Waals surface area (Å²) in [5.41, 5.74) is 0.597. The van der Waals surface area contributed by atoms with Gasteiger partial charge in [0.15, 0.2) is 11.4 Å². The molecule has 0 spiro atoms. The standard InChI is InChI=1S/C10H10N6O4S/c1-16-9(13-14-15-16)5-11-21(18,19)6-2-3-7-8(4-6)20-10(17)12-7/h2-4,11H,5H2,1H3,(H,12,17). The monoisotopic (exact) mass is 310 g/mol. The van der Waals surface area contributed by atoms with Gasteiger partial charge in [0, 0.05) is 13.1 Å². The van der Waals surface area contributed by atoms with Gasteiger partial charge in [-0.1, -0.05) is 0 Å². The van der Waals surface area contributed by atoms with Crippen LogP contribution < -0.4 is 10.5 Å². The van der Waals surface area contributed by atoms with Crippen molar-refractivity contribution in [3.05, 3.63) is 34.6 Å². The summed E-state index contributed by atoms with van der Waals surface area (Å²) in [6.45, 7) is -0.0546. The Kier molecular flexibility index (Phi) is 3.07. The second-order valence-corrected chi connectivity index (χ2v) is 5.98. The predicted octanol–water partition coefficient (Wildman–Crippen LogP) is -0.877. The van der Waals surface area contributed by atoms with Gasteiger partial charge in [-0.15, -0.1) is 5.10 Å². The first-order valence-electron chi connectivity index (χ1n) is 5.79. The lowest BCUT2D eigenvalue weighted by atomic mass is 10.3. The fourth-order valence-corrected chi connectivity index (χ4v) is 2.73. The quantitative estimate of drug-likeness (QED) is 0.638. The highest BCUT2D eigenvalue weighted by atomic mass is 32.2. The van der Waals surface area contributed by atoms with Crippen molar-refractivity contribution >= 4 is 21.1 Å². The van der Waals surface area contributed by atoms with E-state index in [4.69, 9.17) is 4.42 Å². The van der Waals surface area contributed by atoms with Gasteiger partial charge in [0.1, 0.15) is 0 Å². The zero-order valence-electron chi connectivity index (χ0n) is 10.8. The number of nitrogens with zero attached hydrogens (tertiary/aromatic N) is 4. The zero-order valence-corrected chi connectivity index (χ0v) is 11.6. The van der Waals surface area contributed by atoms with Crippen LogP contribution in [-0.4, -0.2) is 33.6 Å². The Morgan fingerprint density at radius 2 is 2.24 bits per heavy atom. The molecule has 0 amide bonds. The maximum Gasteiger partial charge on any atom is 0.417 e. The number of aromatic nitrogens is 5. The highest BCUT2D eigenvalue weighted by molar-refractivity contribution is 7.89. The summed E-state index contributed by atoms with van der Waals surface area (Å²) >= 11 is 0. The first-order chi connectivity index (χ1) is 9.95. The molecule has 0 saturated carbocycles. The number of hydrogen-bond donors (Lipinski definition) is 2. The van der Waals surface area contributed by atoms with Gasteiger partial charge in [-0.2, -0.15) is 0 Å². The number of oxazole rings is 1. The van der Waals surface area contributed by atoms with E-state index in [-0.39, 0.29) is 17.0 Å². The minimum absolute atomic E-state index is 0.0205. The maximum absolute atomic E-state index is 12.2. The van der Waals surface area contributed by atoms with Crippen LogP contribution in [0.4, 0.5) is 0 Å². The molecule has 0 unspecified atom stereocenters. The van der Waals surface area contributed by atoms with Crippen LogP contribution in [0.25, 0.3) is 11.1 Å². The summed E-state index contributed by atoms with van der Waals surface area (Å²) in [4.78, 5) is 13.5. The molecule has 3 rings (SSSR count). The Bertz CT molecular complexity index is 953. The number of H-pyrrole nitrogens is 1. The van der Waals surface area contributed by atoms with Gasteiger partial charge in [-0.3, -0.25) is 4.98 Å². The van der Waals surface area contributed by atoms with Gasteiger partial charge >= 0.3 is 5.76 Å². The third-order valence-electron chi connectivity index (χ3n) is 2.83. The third kappa shape index (κ3) is 2.55. The molecular formula is C10H10N6O4S. The van der Waals surface area contributed by atoms with Crippen molar-refractivity contribution in [3.8, 4) is 0 Å². The molecule has 0 radical (unpaired) electrons. The lowest BCUT2D eigenvalue weighted by molar-refractivity contribution is 0.553. The first-order valence-corrected chi connectivity index (χ1v) is 7.28. The number of aryl methyl sites for hydroxylation is 1. The van der Waals surface area contributed by atoms with Crippen LogP contribution in [-0.2, 0) is 23.6 Å². The Hall–Kier alpha value is -2.53. The number of benzene rings is 1. The summed E-state index contributed by atoms with van der Waals surface area (Å²) in [6, 6.07) is 4.09. The van der Waals surface area contributed by atoms with E-state index in [0.717, 1.165) is 0 Å². The van der Waals surface area contributed by atoms with Crippen molar-refractivity contribution < 1.29 is 12.8 Å². The Labute approximate surface area is 117 Å². The molecule has 0 fully saturated rings. The average Bonchev–Trinajstić information content (AvgIpc) is 3.00. The van der Waals surface area contributed by atoms with E-state index >= 15 is 0 Å². The molecule has 0 atom stereocenters.